The van der Waals surface area contributed by atoms with Crippen LogP contribution in [-0.4, -0.2) is 12.9 Å². The third kappa shape index (κ3) is 2.99. The van der Waals surface area contributed by atoms with Crippen molar-refractivity contribution in [3.05, 3.63) is 54.1 Å². The van der Waals surface area contributed by atoms with Crippen LogP contribution in [0.15, 0.2) is 48.5 Å². The van der Waals surface area contributed by atoms with Crippen LogP contribution in [-0.2, 0) is 0 Å². The zero-order chi connectivity index (χ0) is 13.8. The number of hydrogen-bond acceptors (Lipinski definition) is 3. The van der Waals surface area contributed by atoms with Crippen molar-refractivity contribution in [2.24, 2.45) is 5.92 Å². The van der Waals surface area contributed by atoms with E-state index in [2.05, 4.69) is 0 Å². The first-order chi connectivity index (χ1) is 9.86. The molecule has 3 nitrogen and oxygen atoms in total. The van der Waals surface area contributed by atoms with Gasteiger partial charge in [0, 0.05) is 0 Å². The predicted molar refractivity (Wildman–Crippen MR) is 76.6 cm³/mol. The molecule has 0 heterocycles. The average Bonchev–Trinajstić information content (AvgIpc) is 3.31. The van der Waals surface area contributed by atoms with Crippen LogP contribution in [0.2, 0.25) is 0 Å². The molecule has 2 aromatic rings. The van der Waals surface area contributed by atoms with E-state index in [4.69, 9.17) is 9.47 Å². The lowest BCUT2D eigenvalue weighted by atomic mass is 10.2. The molecular formula is C17H16O3. The third-order valence-corrected chi connectivity index (χ3v) is 3.29. The first-order valence-electron chi connectivity index (χ1n) is 6.80. The molecule has 0 radical (unpaired) electrons. The van der Waals surface area contributed by atoms with Crippen LogP contribution < -0.4 is 9.47 Å². The van der Waals surface area contributed by atoms with Crippen molar-refractivity contribution in [3.63, 3.8) is 0 Å². The van der Waals surface area contributed by atoms with Crippen molar-refractivity contribution < 1.29 is 14.3 Å². The predicted octanol–water partition coefficient (Wildman–Crippen LogP) is 4.08. The maximum Gasteiger partial charge on any atom is 0.169 e. The summed E-state index contributed by atoms with van der Waals surface area (Å²) in [4.78, 5) is 11.0. The fourth-order valence-corrected chi connectivity index (χ4v) is 1.94. The molecule has 1 aliphatic rings. The highest BCUT2D eigenvalue weighted by Gasteiger charge is 2.22. The van der Waals surface area contributed by atoms with Gasteiger partial charge in [-0.2, -0.15) is 0 Å². The summed E-state index contributed by atoms with van der Waals surface area (Å²) >= 11 is 0. The zero-order valence-electron chi connectivity index (χ0n) is 11.1. The highest BCUT2D eigenvalue weighted by atomic mass is 16.5. The molecule has 1 saturated carbocycles. The second kappa shape index (κ2) is 5.78. The minimum Gasteiger partial charge on any atom is -0.489 e. The Labute approximate surface area is 118 Å². The Bertz CT molecular complexity index is 603. The first kappa shape index (κ1) is 12.7. The Kier molecular flexibility index (Phi) is 3.68. The average molecular weight is 268 g/mol. The molecule has 0 aromatic heterocycles. The summed E-state index contributed by atoms with van der Waals surface area (Å²) in [6.45, 7) is 0.732. The summed E-state index contributed by atoms with van der Waals surface area (Å²) < 4.78 is 11.6. The van der Waals surface area contributed by atoms with Gasteiger partial charge in [0.1, 0.15) is 5.75 Å². The van der Waals surface area contributed by atoms with Crippen LogP contribution in [0.1, 0.15) is 23.2 Å². The minimum atomic E-state index is 0.532. The van der Waals surface area contributed by atoms with Gasteiger partial charge in [0.05, 0.1) is 12.2 Å². The molecule has 0 saturated heterocycles. The number of ether oxygens (including phenoxy) is 2. The molecule has 0 unspecified atom stereocenters. The highest BCUT2D eigenvalue weighted by Crippen LogP contribution is 2.35. The van der Waals surface area contributed by atoms with Crippen LogP contribution in [0.4, 0.5) is 0 Å². The van der Waals surface area contributed by atoms with E-state index in [1.54, 1.807) is 12.1 Å². The van der Waals surface area contributed by atoms with E-state index in [0.29, 0.717) is 23.0 Å². The Hall–Kier alpha value is -2.29. The SMILES string of the molecule is O=Cc1ccccc1Oc1ccccc1OCC1CC1. The number of rotatable bonds is 6. The van der Waals surface area contributed by atoms with E-state index in [1.807, 2.05) is 36.4 Å². The van der Waals surface area contributed by atoms with Crippen LogP contribution in [0.5, 0.6) is 17.2 Å². The van der Waals surface area contributed by atoms with E-state index in [1.165, 1.54) is 12.8 Å². The molecule has 1 fully saturated rings. The number of hydrogen-bond donors (Lipinski definition) is 0. The molecule has 20 heavy (non-hydrogen) atoms. The Morgan fingerprint density at radius 3 is 2.30 bits per heavy atom. The Balaban J connectivity index is 1.80. The van der Waals surface area contributed by atoms with Gasteiger partial charge in [-0.15, -0.1) is 0 Å². The van der Waals surface area contributed by atoms with E-state index in [9.17, 15) is 4.79 Å². The standard InChI is InChI=1S/C17H16O3/c18-11-14-5-1-2-6-15(14)20-17-8-4-3-7-16(17)19-12-13-9-10-13/h1-8,11,13H,9-10,12H2. The molecule has 0 amide bonds. The number of carbonyl (C=O) groups excluding carboxylic acids is 1. The van der Waals surface area contributed by atoms with Crippen LogP contribution >= 0.6 is 0 Å². The Morgan fingerprint density at radius 1 is 0.950 bits per heavy atom. The highest BCUT2D eigenvalue weighted by molar-refractivity contribution is 5.79. The van der Waals surface area contributed by atoms with Gasteiger partial charge in [0.2, 0.25) is 0 Å². The van der Waals surface area contributed by atoms with E-state index in [0.717, 1.165) is 18.6 Å². The van der Waals surface area contributed by atoms with Crippen molar-refractivity contribution in [2.45, 2.75) is 12.8 Å². The lowest BCUT2D eigenvalue weighted by Gasteiger charge is -2.13. The van der Waals surface area contributed by atoms with Crippen LogP contribution in [0.25, 0.3) is 0 Å². The second-order valence-corrected chi connectivity index (χ2v) is 4.96. The number of benzene rings is 2. The van der Waals surface area contributed by atoms with Crippen molar-refractivity contribution in [3.8, 4) is 17.2 Å². The molecule has 0 spiro atoms. The maximum absolute atomic E-state index is 11.0. The van der Waals surface area contributed by atoms with Crippen molar-refractivity contribution >= 4 is 6.29 Å². The maximum atomic E-state index is 11.0. The quantitative estimate of drug-likeness (QED) is 0.740. The summed E-state index contributed by atoms with van der Waals surface area (Å²) in [5.41, 5.74) is 0.532. The fourth-order valence-electron chi connectivity index (χ4n) is 1.94. The van der Waals surface area contributed by atoms with E-state index in [-0.39, 0.29) is 0 Å². The van der Waals surface area contributed by atoms with Gasteiger partial charge in [0.25, 0.3) is 0 Å². The summed E-state index contributed by atoms with van der Waals surface area (Å²) in [6, 6.07) is 14.7. The molecule has 3 rings (SSSR count). The third-order valence-electron chi connectivity index (χ3n) is 3.29. The van der Waals surface area contributed by atoms with Crippen molar-refractivity contribution in [2.75, 3.05) is 6.61 Å². The first-order valence-corrected chi connectivity index (χ1v) is 6.80. The molecule has 2 aromatic carbocycles. The van der Waals surface area contributed by atoms with Crippen LogP contribution in [0, 0.1) is 5.92 Å². The van der Waals surface area contributed by atoms with E-state index >= 15 is 0 Å². The lowest BCUT2D eigenvalue weighted by Crippen LogP contribution is -2.00. The number of para-hydroxylation sites is 3. The monoisotopic (exact) mass is 268 g/mol. The fraction of sp³-hybridized carbons (Fsp3) is 0.235. The molecule has 0 bridgehead atoms. The van der Waals surface area contributed by atoms with Gasteiger partial charge >= 0.3 is 0 Å². The minimum absolute atomic E-state index is 0.532. The molecule has 102 valence electrons. The lowest BCUT2D eigenvalue weighted by molar-refractivity contribution is 0.112. The second-order valence-electron chi connectivity index (χ2n) is 4.96. The smallest absolute Gasteiger partial charge is 0.169 e. The topological polar surface area (TPSA) is 35.5 Å². The molecule has 0 N–H and O–H groups in total. The molecule has 0 aliphatic heterocycles. The number of carbonyl (C=O) groups is 1. The summed E-state index contributed by atoms with van der Waals surface area (Å²) in [6.07, 6.45) is 3.29. The van der Waals surface area contributed by atoms with Crippen LogP contribution in [0.3, 0.4) is 0 Å². The van der Waals surface area contributed by atoms with Gasteiger partial charge in [-0.3, -0.25) is 4.79 Å². The van der Waals surface area contributed by atoms with Gasteiger partial charge in [0.15, 0.2) is 17.8 Å². The van der Waals surface area contributed by atoms with Gasteiger partial charge < -0.3 is 9.47 Å². The van der Waals surface area contributed by atoms with Gasteiger partial charge in [-0.25, -0.2) is 0 Å². The zero-order valence-corrected chi connectivity index (χ0v) is 11.1. The summed E-state index contributed by atoms with van der Waals surface area (Å²) in [5.74, 6) is 2.60. The summed E-state index contributed by atoms with van der Waals surface area (Å²) in [5, 5.41) is 0. The normalized spacial score (nSPS) is 13.8. The Morgan fingerprint density at radius 2 is 1.60 bits per heavy atom. The largest absolute Gasteiger partial charge is 0.489 e. The molecular weight excluding hydrogens is 252 g/mol. The van der Waals surface area contributed by atoms with Gasteiger partial charge in [-0.1, -0.05) is 24.3 Å². The van der Waals surface area contributed by atoms with Crippen molar-refractivity contribution in [1.29, 1.82) is 0 Å². The molecule has 1 aliphatic carbocycles. The number of aldehydes is 1. The van der Waals surface area contributed by atoms with E-state index < -0.39 is 0 Å². The molecule has 3 heteroatoms. The van der Waals surface area contributed by atoms with Crippen molar-refractivity contribution in [1.82, 2.24) is 0 Å². The molecule has 0 atom stereocenters. The van der Waals surface area contributed by atoms with Gasteiger partial charge in [-0.05, 0) is 43.0 Å². The summed E-state index contributed by atoms with van der Waals surface area (Å²) in [7, 11) is 0.